The molecule has 1 N–H and O–H groups in total. The Labute approximate surface area is 157 Å². The van der Waals surface area contributed by atoms with E-state index in [-0.39, 0.29) is 18.1 Å². The number of fused-ring (bicyclic) bond motifs is 4. The maximum atomic E-state index is 13.1. The molecule has 0 unspecified atom stereocenters. The number of aromatic nitrogens is 3. The first kappa shape index (κ1) is 16.2. The molecule has 1 spiro atoms. The highest BCUT2D eigenvalue weighted by Crippen LogP contribution is 2.54. The molecule has 2 aliphatic rings. The molecule has 0 radical (unpaired) electrons. The molecule has 0 saturated heterocycles. The lowest BCUT2D eigenvalue weighted by atomic mass is 9.97. The van der Waals surface area contributed by atoms with E-state index in [1.54, 1.807) is 10.7 Å². The van der Waals surface area contributed by atoms with E-state index >= 15 is 0 Å². The first-order chi connectivity index (χ1) is 13.0. The number of amides is 1. The van der Waals surface area contributed by atoms with E-state index < -0.39 is 0 Å². The largest absolute Gasteiger partial charge is 0.390 e. The second-order valence-electron chi connectivity index (χ2n) is 7.41. The van der Waals surface area contributed by atoms with Crippen LogP contribution in [0.3, 0.4) is 0 Å². The zero-order valence-electron chi connectivity index (χ0n) is 15.3. The van der Waals surface area contributed by atoms with E-state index in [2.05, 4.69) is 28.3 Å². The van der Waals surface area contributed by atoms with E-state index in [1.165, 1.54) is 0 Å². The van der Waals surface area contributed by atoms with Crippen LogP contribution < -0.4 is 0 Å². The number of benzene rings is 1. The van der Waals surface area contributed by atoms with Gasteiger partial charge in [-0.3, -0.25) is 9.78 Å². The molecular weight excluding hydrogens is 340 g/mol. The average Bonchev–Trinajstić information content (AvgIpc) is 3.39. The van der Waals surface area contributed by atoms with Crippen molar-refractivity contribution in [3.63, 3.8) is 0 Å². The van der Waals surface area contributed by atoms with Gasteiger partial charge in [-0.25, -0.2) is 4.68 Å². The Kier molecular flexibility index (Phi) is 3.30. The summed E-state index contributed by atoms with van der Waals surface area (Å²) < 4.78 is 1.69. The van der Waals surface area contributed by atoms with Crippen molar-refractivity contribution in [1.82, 2.24) is 19.7 Å². The van der Waals surface area contributed by atoms with E-state index in [0.29, 0.717) is 11.4 Å². The Morgan fingerprint density at radius 3 is 2.59 bits per heavy atom. The molecule has 2 aromatic heterocycles. The lowest BCUT2D eigenvalue weighted by Crippen LogP contribution is -2.36. The van der Waals surface area contributed by atoms with Crippen LogP contribution in [0.5, 0.6) is 0 Å². The number of pyridine rings is 1. The van der Waals surface area contributed by atoms with Gasteiger partial charge in [-0.1, -0.05) is 18.2 Å². The van der Waals surface area contributed by atoms with Crippen molar-refractivity contribution >= 4 is 5.91 Å². The van der Waals surface area contributed by atoms with Gasteiger partial charge in [-0.2, -0.15) is 5.10 Å². The van der Waals surface area contributed by atoms with Gasteiger partial charge in [0.15, 0.2) is 0 Å². The predicted octanol–water partition coefficient (Wildman–Crippen LogP) is 2.81. The maximum absolute atomic E-state index is 13.1. The van der Waals surface area contributed by atoms with Gasteiger partial charge in [0.05, 0.1) is 23.5 Å². The maximum Gasteiger partial charge on any atom is 0.273 e. The van der Waals surface area contributed by atoms with Gasteiger partial charge < -0.3 is 10.0 Å². The van der Waals surface area contributed by atoms with Crippen LogP contribution in [-0.4, -0.2) is 37.7 Å². The minimum absolute atomic E-state index is 0.0607. The average molecular weight is 360 g/mol. The third kappa shape index (κ3) is 2.26. The lowest BCUT2D eigenvalue weighted by molar-refractivity contribution is 0.0704. The summed E-state index contributed by atoms with van der Waals surface area (Å²) in [6, 6.07) is 12.0. The van der Waals surface area contributed by atoms with Gasteiger partial charge in [0.2, 0.25) is 0 Å². The second-order valence-corrected chi connectivity index (χ2v) is 7.41. The third-order valence-electron chi connectivity index (χ3n) is 5.78. The van der Waals surface area contributed by atoms with E-state index in [9.17, 15) is 9.90 Å². The summed E-state index contributed by atoms with van der Waals surface area (Å²) in [4.78, 5) is 19.3. The Morgan fingerprint density at radius 1 is 1.15 bits per heavy atom. The van der Waals surface area contributed by atoms with E-state index in [1.807, 2.05) is 37.2 Å². The molecule has 1 amide bonds. The van der Waals surface area contributed by atoms with Crippen LogP contribution in [0.1, 0.15) is 40.3 Å². The summed E-state index contributed by atoms with van der Waals surface area (Å²) in [6.07, 6.45) is 3.76. The van der Waals surface area contributed by atoms with Crippen LogP contribution in [0, 0.1) is 6.92 Å². The van der Waals surface area contributed by atoms with Crippen molar-refractivity contribution in [2.45, 2.75) is 31.9 Å². The summed E-state index contributed by atoms with van der Waals surface area (Å²) >= 11 is 0. The van der Waals surface area contributed by atoms with Crippen molar-refractivity contribution in [1.29, 1.82) is 0 Å². The van der Waals surface area contributed by atoms with Crippen LogP contribution in [-0.2, 0) is 12.1 Å². The van der Waals surface area contributed by atoms with Crippen LogP contribution in [0.2, 0.25) is 0 Å². The fourth-order valence-corrected chi connectivity index (χ4v) is 4.03. The number of hydrogen-bond acceptors (Lipinski definition) is 4. The number of carbonyl (C=O) groups is 1. The van der Waals surface area contributed by atoms with E-state index in [0.717, 1.165) is 40.9 Å². The summed E-state index contributed by atoms with van der Waals surface area (Å²) in [7, 11) is 1.86. The Bertz CT molecular complexity index is 1060. The van der Waals surface area contributed by atoms with Crippen LogP contribution in [0.4, 0.5) is 0 Å². The highest BCUT2D eigenvalue weighted by atomic mass is 16.3. The van der Waals surface area contributed by atoms with Crippen LogP contribution in [0.15, 0.2) is 42.6 Å². The molecule has 1 fully saturated rings. The quantitative estimate of drug-likeness (QED) is 0.763. The molecule has 0 atom stereocenters. The van der Waals surface area contributed by atoms with E-state index in [4.69, 9.17) is 0 Å². The number of aliphatic hydroxyl groups excluding tert-OH is 1. The number of rotatable bonds is 2. The monoisotopic (exact) mass is 360 g/mol. The van der Waals surface area contributed by atoms with Crippen LogP contribution >= 0.6 is 0 Å². The molecule has 1 aliphatic carbocycles. The van der Waals surface area contributed by atoms with Gasteiger partial charge in [0.25, 0.3) is 5.91 Å². The van der Waals surface area contributed by atoms with Crippen LogP contribution in [0.25, 0.3) is 16.8 Å². The van der Waals surface area contributed by atoms with Gasteiger partial charge in [-0.05, 0) is 43.5 Å². The number of aliphatic hydroxyl groups is 1. The molecule has 3 aromatic rings. The molecule has 6 heteroatoms. The zero-order chi connectivity index (χ0) is 18.8. The van der Waals surface area contributed by atoms with Crippen molar-refractivity contribution < 1.29 is 9.90 Å². The highest BCUT2D eigenvalue weighted by molar-refractivity contribution is 5.95. The first-order valence-corrected chi connectivity index (χ1v) is 9.09. The van der Waals surface area contributed by atoms with Crippen molar-refractivity contribution in [3.05, 3.63) is 65.2 Å². The minimum Gasteiger partial charge on any atom is -0.390 e. The molecule has 6 nitrogen and oxygen atoms in total. The van der Waals surface area contributed by atoms with Crippen molar-refractivity contribution in [2.24, 2.45) is 0 Å². The summed E-state index contributed by atoms with van der Waals surface area (Å²) in [5.41, 5.74) is 5.76. The number of hydrogen-bond donors (Lipinski definition) is 1. The molecule has 1 saturated carbocycles. The van der Waals surface area contributed by atoms with Crippen molar-refractivity contribution in [2.75, 3.05) is 7.05 Å². The topological polar surface area (TPSA) is 71.2 Å². The molecule has 1 aliphatic heterocycles. The summed E-state index contributed by atoms with van der Waals surface area (Å²) in [5.74, 6) is -0.0607. The molecule has 27 heavy (non-hydrogen) atoms. The number of aryl methyl sites for hydroxylation is 1. The smallest absolute Gasteiger partial charge is 0.273 e. The molecule has 5 rings (SSSR count). The normalized spacial score (nSPS) is 16.9. The molecule has 0 bridgehead atoms. The summed E-state index contributed by atoms with van der Waals surface area (Å²) in [6.45, 7) is 1.77. The zero-order valence-corrected chi connectivity index (χ0v) is 15.3. The predicted molar refractivity (Wildman–Crippen MR) is 100 cm³/mol. The van der Waals surface area contributed by atoms with Gasteiger partial charge in [0.1, 0.15) is 5.69 Å². The SMILES string of the molecule is Cc1ccc(-c2ccc3c(c2)-n2nc(CO)cc2C(=O)N(C)C32CC2)cn1. The standard InChI is InChI=1S/C21H20N4O2/c1-13-3-4-15(11-22-13)14-5-6-17-18(9-14)25-19(10-16(12-26)23-25)20(27)24(2)21(17)7-8-21/h3-6,9-11,26H,7-8,12H2,1-2H3. The molecule has 136 valence electrons. The number of carbonyl (C=O) groups excluding carboxylic acids is 1. The second kappa shape index (κ2) is 5.50. The highest BCUT2D eigenvalue weighted by Gasteiger charge is 2.53. The minimum atomic E-state index is -0.253. The Balaban J connectivity index is 1.76. The fraction of sp³-hybridized carbons (Fsp3) is 0.286. The van der Waals surface area contributed by atoms with Crippen molar-refractivity contribution in [3.8, 4) is 16.8 Å². The first-order valence-electron chi connectivity index (χ1n) is 9.09. The lowest BCUT2D eigenvalue weighted by Gasteiger charge is -2.27. The van der Waals surface area contributed by atoms with Gasteiger partial charge in [-0.15, -0.1) is 0 Å². The Hall–Kier alpha value is -2.99. The molecule has 1 aromatic carbocycles. The molecule has 3 heterocycles. The van der Waals surface area contributed by atoms with Gasteiger partial charge >= 0.3 is 0 Å². The third-order valence-corrected chi connectivity index (χ3v) is 5.78. The Morgan fingerprint density at radius 2 is 1.93 bits per heavy atom. The van der Waals surface area contributed by atoms with Gasteiger partial charge in [0, 0.05) is 30.1 Å². The fourth-order valence-electron chi connectivity index (χ4n) is 4.03. The molecular formula is C21H20N4O2. The summed E-state index contributed by atoms with van der Waals surface area (Å²) in [5, 5.41) is 14.0. The number of nitrogens with zero attached hydrogens (tertiary/aromatic N) is 4.